The van der Waals surface area contributed by atoms with Crippen LogP contribution in [0, 0.1) is 0 Å². The normalized spacial score (nSPS) is 14.5. The summed E-state index contributed by atoms with van der Waals surface area (Å²) >= 11 is 0. The van der Waals surface area contributed by atoms with Crippen LogP contribution in [0.5, 0.6) is 0 Å². The molecule has 1 aliphatic rings. The summed E-state index contributed by atoms with van der Waals surface area (Å²) in [5.74, 6) is -0.258. The lowest BCUT2D eigenvalue weighted by molar-refractivity contribution is -0.121. The van der Waals surface area contributed by atoms with Crippen molar-refractivity contribution >= 4 is 16.8 Å². The largest absolute Gasteiger partial charge is 0.350 e. The van der Waals surface area contributed by atoms with E-state index >= 15 is 0 Å². The number of likely N-dealkylation sites (tertiary alicyclic amines) is 1. The van der Waals surface area contributed by atoms with Crippen molar-refractivity contribution in [1.82, 2.24) is 19.4 Å². The lowest BCUT2D eigenvalue weighted by Gasteiger charge is -2.27. The number of hydrogen-bond acceptors (Lipinski definition) is 4. The van der Waals surface area contributed by atoms with Crippen LogP contribution in [0.1, 0.15) is 37.3 Å². The second-order valence-corrected chi connectivity index (χ2v) is 8.32. The van der Waals surface area contributed by atoms with Crippen LogP contribution in [-0.4, -0.2) is 33.0 Å². The van der Waals surface area contributed by atoms with Crippen LogP contribution in [0.2, 0.25) is 0 Å². The van der Waals surface area contributed by atoms with E-state index in [2.05, 4.69) is 16.3 Å². The van der Waals surface area contributed by atoms with Crippen LogP contribution < -0.4 is 16.6 Å². The van der Waals surface area contributed by atoms with Crippen LogP contribution in [0.25, 0.3) is 10.9 Å². The average Bonchev–Trinajstić information content (AvgIpc) is 2.82. The maximum atomic E-state index is 12.9. The third kappa shape index (κ3) is 4.67. The van der Waals surface area contributed by atoms with Gasteiger partial charge in [-0.15, -0.1) is 0 Å². The number of rotatable bonds is 7. The molecule has 0 radical (unpaired) electrons. The summed E-state index contributed by atoms with van der Waals surface area (Å²) in [6.07, 6.45) is 3.77. The first-order valence-electron chi connectivity index (χ1n) is 11.4. The molecule has 0 spiro atoms. The zero-order valence-corrected chi connectivity index (χ0v) is 18.5. The Bertz CT molecular complexity index is 1220. The quantitative estimate of drug-likeness (QED) is 0.620. The third-order valence-electron chi connectivity index (χ3n) is 6.19. The predicted octanol–water partition coefficient (Wildman–Crippen LogP) is 2.49. The number of para-hydroxylation sites is 1. The van der Waals surface area contributed by atoms with Crippen LogP contribution in [0.3, 0.4) is 0 Å². The monoisotopic (exact) mass is 434 g/mol. The molecule has 7 nitrogen and oxygen atoms in total. The molecule has 2 heterocycles. The highest BCUT2D eigenvalue weighted by Crippen LogP contribution is 2.16. The molecule has 2 aromatic carbocycles. The molecule has 1 aromatic heterocycles. The highest BCUT2D eigenvalue weighted by atomic mass is 16.2. The molecule has 4 rings (SSSR count). The second kappa shape index (κ2) is 9.96. The number of benzene rings is 2. The fourth-order valence-electron chi connectivity index (χ4n) is 4.44. The first kappa shape index (κ1) is 22.0. The number of hydrogen-bond donors (Lipinski definition) is 1. The number of nitrogens with zero attached hydrogens (tertiary/aromatic N) is 3. The van der Waals surface area contributed by atoms with Gasteiger partial charge in [0.25, 0.3) is 5.56 Å². The van der Waals surface area contributed by atoms with Gasteiger partial charge in [-0.3, -0.25) is 23.6 Å². The number of piperidine rings is 1. The lowest BCUT2D eigenvalue weighted by atomic mass is 10.0. The number of aromatic nitrogens is 2. The van der Waals surface area contributed by atoms with Crippen molar-refractivity contribution in [3.8, 4) is 0 Å². The molecular weight excluding hydrogens is 404 g/mol. The average molecular weight is 435 g/mol. The second-order valence-electron chi connectivity index (χ2n) is 8.32. The summed E-state index contributed by atoms with van der Waals surface area (Å²) in [5, 5.41) is 3.40. The fourth-order valence-corrected chi connectivity index (χ4v) is 4.44. The third-order valence-corrected chi connectivity index (χ3v) is 6.19. The maximum Gasteiger partial charge on any atom is 0.331 e. The minimum atomic E-state index is -0.461. The summed E-state index contributed by atoms with van der Waals surface area (Å²) < 4.78 is 2.55. The van der Waals surface area contributed by atoms with Crippen molar-refractivity contribution in [2.24, 2.45) is 0 Å². The molecule has 3 aromatic rings. The Morgan fingerprint density at radius 1 is 0.906 bits per heavy atom. The van der Waals surface area contributed by atoms with Crippen LogP contribution in [-0.2, 0) is 31.0 Å². The van der Waals surface area contributed by atoms with E-state index in [1.807, 2.05) is 18.2 Å². The van der Waals surface area contributed by atoms with Gasteiger partial charge in [0.2, 0.25) is 5.91 Å². The van der Waals surface area contributed by atoms with Crippen molar-refractivity contribution in [3.63, 3.8) is 0 Å². The van der Waals surface area contributed by atoms with Gasteiger partial charge in [0.05, 0.1) is 10.9 Å². The number of carbonyl (C=O) groups excluding carboxylic acids is 1. The van der Waals surface area contributed by atoms with E-state index < -0.39 is 5.69 Å². The topological polar surface area (TPSA) is 76.3 Å². The van der Waals surface area contributed by atoms with E-state index in [4.69, 9.17) is 0 Å². The van der Waals surface area contributed by atoms with Crippen molar-refractivity contribution in [3.05, 3.63) is 80.5 Å². The Kier molecular flexibility index (Phi) is 6.85. The molecular formula is C25H30N4O3. The van der Waals surface area contributed by atoms with Gasteiger partial charge < -0.3 is 5.32 Å². The van der Waals surface area contributed by atoms with Gasteiger partial charge >= 0.3 is 5.69 Å². The number of fused-ring (bicyclic) bond motifs is 1. The summed E-state index contributed by atoms with van der Waals surface area (Å²) in [5.41, 5.74) is 2.00. The molecule has 0 bridgehead atoms. The van der Waals surface area contributed by atoms with E-state index in [0.717, 1.165) is 25.2 Å². The van der Waals surface area contributed by atoms with E-state index in [9.17, 15) is 14.4 Å². The zero-order valence-electron chi connectivity index (χ0n) is 18.5. The van der Waals surface area contributed by atoms with Crippen molar-refractivity contribution in [2.45, 2.75) is 52.4 Å². The molecule has 0 aliphatic carbocycles. The molecule has 1 fully saturated rings. The van der Waals surface area contributed by atoms with Gasteiger partial charge in [0.15, 0.2) is 0 Å². The molecule has 1 saturated heterocycles. The van der Waals surface area contributed by atoms with Gasteiger partial charge in [0.1, 0.15) is 6.54 Å². The van der Waals surface area contributed by atoms with Gasteiger partial charge in [-0.05, 0) is 56.1 Å². The molecule has 1 aliphatic heterocycles. The summed E-state index contributed by atoms with van der Waals surface area (Å²) in [7, 11) is 0. The number of amides is 1. The van der Waals surface area contributed by atoms with Gasteiger partial charge in [0, 0.05) is 19.6 Å². The predicted molar refractivity (Wildman–Crippen MR) is 126 cm³/mol. The Hall–Kier alpha value is -3.19. The lowest BCUT2D eigenvalue weighted by Crippen LogP contribution is -2.42. The van der Waals surface area contributed by atoms with E-state index in [-0.39, 0.29) is 24.6 Å². The van der Waals surface area contributed by atoms with Gasteiger partial charge in [-0.25, -0.2) is 4.79 Å². The molecule has 32 heavy (non-hydrogen) atoms. The highest BCUT2D eigenvalue weighted by Gasteiger charge is 2.16. The fraction of sp³-hybridized carbons (Fsp3) is 0.400. The van der Waals surface area contributed by atoms with E-state index in [1.54, 1.807) is 31.2 Å². The van der Waals surface area contributed by atoms with Gasteiger partial charge in [-0.1, -0.05) is 42.8 Å². The molecule has 1 amide bonds. The summed E-state index contributed by atoms with van der Waals surface area (Å²) in [4.78, 5) is 40.7. The minimum Gasteiger partial charge on any atom is -0.350 e. The SMILES string of the molecule is CCn1c(=O)c2ccccc2n(CC(=O)NCc2ccccc2CN2CCCCC2)c1=O. The first-order chi connectivity index (χ1) is 15.6. The standard InChI is InChI=1S/C25H30N4O3/c1-2-28-24(31)21-12-6-7-13-22(21)29(25(28)32)18-23(30)26-16-19-10-4-5-11-20(19)17-27-14-8-3-9-15-27/h4-7,10-13H,2-3,8-9,14-18H2,1H3,(H,26,30). The van der Waals surface area contributed by atoms with Crippen molar-refractivity contribution in [2.75, 3.05) is 13.1 Å². The minimum absolute atomic E-state index is 0.131. The van der Waals surface area contributed by atoms with E-state index in [0.29, 0.717) is 17.4 Å². The van der Waals surface area contributed by atoms with Crippen LogP contribution in [0.4, 0.5) is 0 Å². The number of nitrogens with one attached hydrogen (secondary N) is 1. The van der Waals surface area contributed by atoms with Gasteiger partial charge in [-0.2, -0.15) is 0 Å². The first-order valence-corrected chi connectivity index (χ1v) is 11.4. The summed E-state index contributed by atoms with van der Waals surface area (Å²) in [6.45, 7) is 5.40. The maximum absolute atomic E-state index is 12.9. The van der Waals surface area contributed by atoms with Crippen LogP contribution >= 0.6 is 0 Å². The molecule has 168 valence electrons. The molecule has 7 heteroatoms. The Morgan fingerprint density at radius 2 is 1.59 bits per heavy atom. The smallest absolute Gasteiger partial charge is 0.331 e. The zero-order chi connectivity index (χ0) is 22.5. The Balaban J connectivity index is 1.51. The highest BCUT2D eigenvalue weighted by molar-refractivity contribution is 5.81. The number of carbonyl (C=O) groups is 1. The van der Waals surface area contributed by atoms with E-state index in [1.165, 1.54) is 34.0 Å². The molecule has 0 unspecified atom stereocenters. The Morgan fingerprint density at radius 3 is 2.34 bits per heavy atom. The summed E-state index contributed by atoms with van der Waals surface area (Å²) in [6, 6.07) is 15.1. The van der Waals surface area contributed by atoms with Crippen molar-refractivity contribution in [1.29, 1.82) is 0 Å². The van der Waals surface area contributed by atoms with Crippen LogP contribution in [0.15, 0.2) is 58.1 Å². The van der Waals surface area contributed by atoms with Crippen molar-refractivity contribution < 1.29 is 4.79 Å². The Labute approximate surface area is 187 Å². The molecule has 0 atom stereocenters. The molecule has 0 saturated carbocycles. The molecule has 1 N–H and O–H groups in total.